The Bertz CT molecular complexity index is 608. The number of phenolic OH excluding ortho intramolecular Hbond substituents is 1. The molecule has 0 heterocycles. The Labute approximate surface area is 141 Å². The monoisotopic (exact) mass is 413 g/mol. The van der Waals surface area contributed by atoms with Gasteiger partial charge in [0.1, 0.15) is 11.5 Å². The van der Waals surface area contributed by atoms with Crippen LogP contribution in [0.25, 0.3) is 0 Å². The smallest absolute Gasteiger partial charge is 0.143 e. The molecule has 21 heavy (non-hydrogen) atoms. The van der Waals surface area contributed by atoms with E-state index in [2.05, 4.69) is 50.2 Å². The molecule has 0 spiro atoms. The molecular weight excluding hydrogens is 398 g/mol. The Balaban J connectivity index is 2.05. The molecule has 2 aromatic carbocycles. The maximum Gasteiger partial charge on any atom is 0.143 e. The molecule has 0 unspecified atom stereocenters. The summed E-state index contributed by atoms with van der Waals surface area (Å²) < 4.78 is 6.61. The molecule has 0 bridgehead atoms. The minimum Gasteiger partial charge on any atom is -0.506 e. The molecule has 0 saturated carbocycles. The predicted molar refractivity (Wildman–Crippen MR) is 91.8 cm³/mol. The van der Waals surface area contributed by atoms with Gasteiger partial charge >= 0.3 is 0 Å². The number of nitrogens with one attached hydrogen (secondary N) is 1. The highest BCUT2D eigenvalue weighted by atomic mass is 79.9. The third-order valence-electron chi connectivity index (χ3n) is 3.28. The first-order valence-electron chi connectivity index (χ1n) is 6.55. The summed E-state index contributed by atoms with van der Waals surface area (Å²) in [6, 6.07) is 12.0. The second kappa shape index (κ2) is 7.29. The van der Waals surface area contributed by atoms with Crippen molar-refractivity contribution in [3.05, 3.63) is 56.5 Å². The van der Waals surface area contributed by atoms with E-state index in [0.717, 1.165) is 11.3 Å². The van der Waals surface area contributed by atoms with E-state index in [4.69, 9.17) is 4.74 Å². The van der Waals surface area contributed by atoms with Gasteiger partial charge in [-0.05, 0) is 74.2 Å². The lowest BCUT2D eigenvalue weighted by molar-refractivity contribution is 0.413. The fraction of sp³-hybridized carbons (Fsp3) is 0.250. The molecule has 1 atom stereocenters. The fourth-order valence-electron chi connectivity index (χ4n) is 2.02. The highest BCUT2D eigenvalue weighted by Gasteiger charge is 2.09. The topological polar surface area (TPSA) is 41.5 Å². The van der Waals surface area contributed by atoms with Crippen molar-refractivity contribution >= 4 is 31.9 Å². The maximum atomic E-state index is 9.72. The predicted octanol–water partition coefficient (Wildman–Crippen LogP) is 4.78. The van der Waals surface area contributed by atoms with Crippen LogP contribution in [0.15, 0.2) is 45.3 Å². The number of phenols is 1. The van der Waals surface area contributed by atoms with Gasteiger partial charge in [0.15, 0.2) is 0 Å². The summed E-state index contributed by atoms with van der Waals surface area (Å²) in [5.74, 6) is 1.08. The fourth-order valence-corrected chi connectivity index (χ4v) is 3.30. The van der Waals surface area contributed by atoms with Crippen LogP contribution in [0.2, 0.25) is 0 Å². The van der Waals surface area contributed by atoms with Crippen molar-refractivity contribution < 1.29 is 9.84 Å². The lowest BCUT2D eigenvalue weighted by atomic mass is 10.1. The van der Waals surface area contributed by atoms with Crippen LogP contribution in [0.4, 0.5) is 0 Å². The van der Waals surface area contributed by atoms with Crippen molar-refractivity contribution in [2.45, 2.75) is 19.5 Å². The summed E-state index contributed by atoms with van der Waals surface area (Å²) in [7, 11) is 1.67. The summed E-state index contributed by atoms with van der Waals surface area (Å²) in [5.41, 5.74) is 2.26. The number of methoxy groups -OCH3 is 1. The van der Waals surface area contributed by atoms with Crippen molar-refractivity contribution in [1.29, 1.82) is 0 Å². The van der Waals surface area contributed by atoms with Crippen LogP contribution in [-0.2, 0) is 6.54 Å². The lowest BCUT2D eigenvalue weighted by Gasteiger charge is -2.16. The van der Waals surface area contributed by atoms with Crippen molar-refractivity contribution in [3.63, 3.8) is 0 Å². The molecule has 3 nitrogen and oxygen atoms in total. The minimum atomic E-state index is 0.200. The summed E-state index contributed by atoms with van der Waals surface area (Å²) in [6.45, 7) is 2.81. The Kier molecular flexibility index (Phi) is 5.67. The van der Waals surface area contributed by atoms with Gasteiger partial charge in [0.05, 0.1) is 16.1 Å². The maximum absolute atomic E-state index is 9.72. The number of ether oxygens (including phenoxy) is 1. The number of rotatable bonds is 5. The van der Waals surface area contributed by atoms with Crippen molar-refractivity contribution in [2.24, 2.45) is 0 Å². The molecule has 0 aliphatic rings. The molecule has 5 heteroatoms. The lowest BCUT2D eigenvalue weighted by Crippen LogP contribution is -2.18. The van der Waals surface area contributed by atoms with Gasteiger partial charge in [-0.15, -0.1) is 0 Å². The Morgan fingerprint density at radius 2 is 1.86 bits per heavy atom. The largest absolute Gasteiger partial charge is 0.506 e. The van der Waals surface area contributed by atoms with Crippen LogP contribution in [0.3, 0.4) is 0 Å². The number of hydrogen-bond donors (Lipinski definition) is 2. The van der Waals surface area contributed by atoms with Crippen LogP contribution >= 0.6 is 31.9 Å². The highest BCUT2D eigenvalue weighted by Crippen LogP contribution is 2.33. The molecule has 112 valence electrons. The van der Waals surface area contributed by atoms with E-state index in [0.29, 0.717) is 15.5 Å². The van der Waals surface area contributed by atoms with Gasteiger partial charge in [-0.1, -0.05) is 12.1 Å². The average Bonchev–Trinajstić information content (AvgIpc) is 2.50. The van der Waals surface area contributed by atoms with E-state index in [1.165, 1.54) is 5.56 Å². The van der Waals surface area contributed by atoms with Crippen molar-refractivity contribution in [3.8, 4) is 11.5 Å². The third kappa shape index (κ3) is 4.22. The molecule has 0 amide bonds. The van der Waals surface area contributed by atoms with Crippen LogP contribution in [0.5, 0.6) is 11.5 Å². The molecule has 0 aromatic heterocycles. The van der Waals surface area contributed by atoms with Crippen LogP contribution in [0, 0.1) is 0 Å². The zero-order chi connectivity index (χ0) is 15.4. The van der Waals surface area contributed by atoms with E-state index in [9.17, 15) is 5.11 Å². The van der Waals surface area contributed by atoms with E-state index < -0.39 is 0 Å². The molecular formula is C16H17Br2NO2. The normalized spacial score (nSPS) is 12.2. The number of benzene rings is 2. The Morgan fingerprint density at radius 1 is 1.19 bits per heavy atom. The summed E-state index contributed by atoms with van der Waals surface area (Å²) in [4.78, 5) is 0. The second-order valence-electron chi connectivity index (χ2n) is 4.79. The minimum absolute atomic E-state index is 0.200. The zero-order valence-corrected chi connectivity index (χ0v) is 15.0. The van der Waals surface area contributed by atoms with Gasteiger partial charge in [-0.3, -0.25) is 0 Å². The quantitative estimate of drug-likeness (QED) is 0.739. The standard InChI is InChI=1S/C16H17Br2NO2/c1-10(12-4-3-5-13(8-12)21-2)19-9-11-6-14(17)16(20)15(18)7-11/h3-8,10,19-20H,9H2,1-2H3/t10-/m0/s1. The first-order chi connectivity index (χ1) is 10.0. The molecule has 2 aromatic rings. The van der Waals surface area contributed by atoms with Gasteiger partial charge < -0.3 is 15.2 Å². The van der Waals surface area contributed by atoms with Crippen LogP contribution < -0.4 is 10.1 Å². The first kappa shape index (κ1) is 16.3. The van der Waals surface area contributed by atoms with E-state index in [1.54, 1.807) is 7.11 Å². The number of hydrogen-bond acceptors (Lipinski definition) is 3. The molecule has 0 aliphatic heterocycles. The number of halogens is 2. The van der Waals surface area contributed by atoms with Crippen molar-refractivity contribution in [1.82, 2.24) is 5.32 Å². The molecule has 2 rings (SSSR count). The van der Waals surface area contributed by atoms with Gasteiger partial charge in [0.2, 0.25) is 0 Å². The average molecular weight is 415 g/mol. The highest BCUT2D eigenvalue weighted by molar-refractivity contribution is 9.11. The van der Waals surface area contributed by atoms with E-state index >= 15 is 0 Å². The molecule has 0 aliphatic carbocycles. The summed E-state index contributed by atoms with van der Waals surface area (Å²) >= 11 is 6.69. The van der Waals surface area contributed by atoms with Gasteiger partial charge in [0.25, 0.3) is 0 Å². The third-order valence-corrected chi connectivity index (χ3v) is 4.49. The van der Waals surface area contributed by atoms with Crippen molar-refractivity contribution in [2.75, 3.05) is 7.11 Å². The number of aromatic hydroxyl groups is 1. The van der Waals surface area contributed by atoms with Gasteiger partial charge in [-0.2, -0.15) is 0 Å². The van der Waals surface area contributed by atoms with E-state index in [-0.39, 0.29) is 11.8 Å². The molecule has 0 saturated heterocycles. The summed E-state index contributed by atoms with van der Waals surface area (Å²) in [6.07, 6.45) is 0. The Hall–Kier alpha value is -1.04. The molecule has 2 N–H and O–H groups in total. The van der Waals surface area contributed by atoms with Gasteiger partial charge in [0, 0.05) is 12.6 Å². The summed E-state index contributed by atoms with van der Waals surface area (Å²) in [5, 5.41) is 13.2. The molecule has 0 fully saturated rings. The first-order valence-corrected chi connectivity index (χ1v) is 8.14. The second-order valence-corrected chi connectivity index (χ2v) is 6.50. The van der Waals surface area contributed by atoms with E-state index in [1.807, 2.05) is 30.3 Å². The SMILES string of the molecule is COc1cccc([C@H](C)NCc2cc(Br)c(O)c(Br)c2)c1. The Morgan fingerprint density at radius 3 is 2.48 bits per heavy atom. The van der Waals surface area contributed by atoms with Crippen LogP contribution in [0.1, 0.15) is 24.1 Å². The zero-order valence-electron chi connectivity index (χ0n) is 11.9. The molecule has 0 radical (unpaired) electrons. The van der Waals surface area contributed by atoms with Crippen LogP contribution in [-0.4, -0.2) is 12.2 Å². The van der Waals surface area contributed by atoms with Gasteiger partial charge in [-0.25, -0.2) is 0 Å².